The summed E-state index contributed by atoms with van der Waals surface area (Å²) in [7, 11) is 0. The van der Waals surface area contributed by atoms with Gasteiger partial charge in [0.15, 0.2) is 6.10 Å². The lowest BCUT2D eigenvalue weighted by Crippen LogP contribution is -2.28. The molecule has 0 aromatic heterocycles. The van der Waals surface area contributed by atoms with E-state index in [1.54, 1.807) is 0 Å². The van der Waals surface area contributed by atoms with Gasteiger partial charge in [-0.05, 0) is 116 Å². The molecule has 0 fully saturated rings. The van der Waals surface area contributed by atoms with E-state index in [4.69, 9.17) is 9.47 Å². The lowest BCUT2D eigenvalue weighted by molar-refractivity contribution is -0.161. The van der Waals surface area contributed by atoms with Crippen molar-refractivity contribution in [2.75, 3.05) is 13.2 Å². The molecule has 0 aliphatic carbocycles. The molecule has 1 unspecified atom stereocenters. The standard InChI is InChI=1S/C63H100O5/c1-3-5-7-9-11-13-15-17-19-21-23-25-27-29-31-33-35-37-39-41-43-45-47-49-51-53-55-57-62(65)67-60-61(59-64)68-63(66)58-56-54-52-50-48-46-44-42-40-38-36-34-32-30-28-26-24-22-20-18-16-14-12-10-8-6-4-2/h5-8,11-14,17-20,23-26,30,32,36,38,42,44,48,50,61,64H,3-4,9-10,15-16,21-22,27-29,31,33-35,37,39-41,43,45-47,49,51-60H2,1-2H3/b7-5-,8-6-,13-11-,14-12-,19-17-,20-18-,25-23-,26-24-,32-30-,38-36-,44-42-,50-48-. The van der Waals surface area contributed by atoms with E-state index in [0.29, 0.717) is 19.3 Å². The smallest absolute Gasteiger partial charge is 0.306 e. The lowest BCUT2D eigenvalue weighted by atomic mass is 10.0. The molecule has 0 aromatic rings. The Hall–Kier alpha value is -4.22. The number of unbranched alkanes of at least 4 members (excludes halogenated alkanes) is 16. The second-order valence-corrected chi connectivity index (χ2v) is 17.5. The van der Waals surface area contributed by atoms with Gasteiger partial charge in [0, 0.05) is 12.8 Å². The van der Waals surface area contributed by atoms with Crippen molar-refractivity contribution in [3.8, 4) is 0 Å². The normalized spacial score (nSPS) is 13.4. The first-order chi connectivity index (χ1) is 33.6. The third kappa shape index (κ3) is 54.4. The van der Waals surface area contributed by atoms with E-state index in [1.807, 2.05) is 0 Å². The van der Waals surface area contributed by atoms with Crippen molar-refractivity contribution in [2.45, 2.75) is 225 Å². The lowest BCUT2D eigenvalue weighted by Gasteiger charge is -2.15. The molecule has 0 heterocycles. The van der Waals surface area contributed by atoms with Crippen molar-refractivity contribution >= 4 is 11.9 Å². The highest BCUT2D eigenvalue weighted by molar-refractivity contribution is 5.70. The Morgan fingerprint density at radius 3 is 0.912 bits per heavy atom. The molecule has 5 heteroatoms. The minimum Gasteiger partial charge on any atom is -0.462 e. The molecule has 68 heavy (non-hydrogen) atoms. The fourth-order valence-electron chi connectivity index (χ4n) is 7.09. The summed E-state index contributed by atoms with van der Waals surface area (Å²) < 4.78 is 10.7. The maximum Gasteiger partial charge on any atom is 0.306 e. The largest absolute Gasteiger partial charge is 0.462 e. The highest BCUT2D eigenvalue weighted by Gasteiger charge is 2.16. The predicted molar refractivity (Wildman–Crippen MR) is 297 cm³/mol. The molecule has 0 amide bonds. The minimum absolute atomic E-state index is 0.0932. The summed E-state index contributed by atoms with van der Waals surface area (Å²) >= 11 is 0. The monoisotopic (exact) mass is 937 g/mol. The average Bonchev–Trinajstić information content (AvgIpc) is 3.34. The fourth-order valence-corrected chi connectivity index (χ4v) is 7.09. The third-order valence-electron chi connectivity index (χ3n) is 11.1. The molecule has 0 aliphatic rings. The molecule has 0 bridgehead atoms. The van der Waals surface area contributed by atoms with E-state index in [-0.39, 0.29) is 25.2 Å². The molecule has 0 rings (SSSR count). The number of hydrogen-bond donors (Lipinski definition) is 1. The molecular weight excluding hydrogens is 837 g/mol. The van der Waals surface area contributed by atoms with Crippen LogP contribution in [0.3, 0.4) is 0 Å². The van der Waals surface area contributed by atoms with Crippen LogP contribution in [0.15, 0.2) is 146 Å². The maximum atomic E-state index is 12.3. The van der Waals surface area contributed by atoms with Crippen LogP contribution < -0.4 is 0 Å². The van der Waals surface area contributed by atoms with Crippen LogP contribution in [0.2, 0.25) is 0 Å². The Labute approximate surface area is 418 Å². The van der Waals surface area contributed by atoms with Crippen LogP contribution in [0.5, 0.6) is 0 Å². The average molecular weight is 937 g/mol. The van der Waals surface area contributed by atoms with Gasteiger partial charge in [0.2, 0.25) is 0 Å². The van der Waals surface area contributed by atoms with Crippen LogP contribution in [0.1, 0.15) is 219 Å². The van der Waals surface area contributed by atoms with Gasteiger partial charge in [-0.15, -0.1) is 0 Å². The zero-order valence-corrected chi connectivity index (χ0v) is 43.6. The van der Waals surface area contributed by atoms with Gasteiger partial charge >= 0.3 is 11.9 Å². The van der Waals surface area contributed by atoms with Crippen molar-refractivity contribution in [3.05, 3.63) is 146 Å². The molecule has 0 radical (unpaired) electrons. The number of aliphatic hydroxyl groups excluding tert-OH is 1. The van der Waals surface area contributed by atoms with Gasteiger partial charge in [0.05, 0.1) is 6.61 Å². The second-order valence-electron chi connectivity index (χ2n) is 17.5. The second kappa shape index (κ2) is 57.1. The molecule has 1 N–H and O–H groups in total. The first-order valence-electron chi connectivity index (χ1n) is 27.4. The van der Waals surface area contributed by atoms with E-state index in [0.717, 1.165) is 109 Å². The SMILES string of the molecule is CC/C=C\C/C=C\C/C=C\C/C=C\C/C=C\C/C=C\C/C=C\C/C=C\CCCCC(=O)OC(CO)COC(=O)CCCCCCCCCCCCCCCC/C=C\C/C=C\C/C=C\C/C=C\CC. The van der Waals surface area contributed by atoms with Gasteiger partial charge in [-0.25, -0.2) is 0 Å². The molecule has 5 nitrogen and oxygen atoms in total. The van der Waals surface area contributed by atoms with Crippen LogP contribution in [0.4, 0.5) is 0 Å². The van der Waals surface area contributed by atoms with Crippen molar-refractivity contribution < 1.29 is 24.2 Å². The Balaban J connectivity index is 3.63. The zero-order valence-electron chi connectivity index (χ0n) is 43.6. The summed E-state index contributed by atoms with van der Waals surface area (Å²) in [5.41, 5.74) is 0. The topological polar surface area (TPSA) is 72.8 Å². The molecule has 0 aliphatic heterocycles. The van der Waals surface area contributed by atoms with Crippen LogP contribution in [0, 0.1) is 0 Å². The van der Waals surface area contributed by atoms with Crippen molar-refractivity contribution in [1.82, 2.24) is 0 Å². The number of rotatable bonds is 48. The quantitative estimate of drug-likeness (QED) is 0.0374. The van der Waals surface area contributed by atoms with Crippen molar-refractivity contribution in [3.63, 3.8) is 0 Å². The number of hydrogen-bond acceptors (Lipinski definition) is 5. The molecule has 0 spiro atoms. The first-order valence-corrected chi connectivity index (χ1v) is 27.4. The molecule has 1 atom stereocenters. The van der Waals surface area contributed by atoms with Gasteiger partial charge in [0.25, 0.3) is 0 Å². The summed E-state index contributed by atoms with van der Waals surface area (Å²) in [5.74, 6) is -0.651. The maximum absolute atomic E-state index is 12.3. The highest BCUT2D eigenvalue weighted by atomic mass is 16.6. The van der Waals surface area contributed by atoms with E-state index < -0.39 is 6.10 Å². The van der Waals surface area contributed by atoms with E-state index in [9.17, 15) is 14.7 Å². The fraction of sp³-hybridized carbons (Fsp3) is 0.587. The number of allylic oxidation sites excluding steroid dienone is 24. The predicted octanol–water partition coefficient (Wildman–Crippen LogP) is 18.6. The van der Waals surface area contributed by atoms with Crippen LogP contribution >= 0.6 is 0 Å². The third-order valence-corrected chi connectivity index (χ3v) is 11.1. The van der Waals surface area contributed by atoms with Crippen LogP contribution in [-0.2, 0) is 19.1 Å². The van der Waals surface area contributed by atoms with Crippen molar-refractivity contribution in [1.29, 1.82) is 0 Å². The number of esters is 2. The Morgan fingerprint density at radius 2 is 0.588 bits per heavy atom. The molecule has 382 valence electrons. The molecule has 0 aromatic carbocycles. The minimum atomic E-state index is -0.807. The van der Waals surface area contributed by atoms with Gasteiger partial charge in [-0.1, -0.05) is 237 Å². The highest BCUT2D eigenvalue weighted by Crippen LogP contribution is 2.15. The number of carbonyl (C=O) groups excluding carboxylic acids is 2. The van der Waals surface area contributed by atoms with E-state index >= 15 is 0 Å². The van der Waals surface area contributed by atoms with E-state index in [2.05, 4.69) is 160 Å². The number of ether oxygens (including phenoxy) is 2. The van der Waals surface area contributed by atoms with Gasteiger partial charge in [0.1, 0.15) is 6.61 Å². The molecular formula is C63H100O5. The summed E-state index contributed by atoms with van der Waals surface area (Å²) in [5, 5.41) is 9.64. The van der Waals surface area contributed by atoms with Gasteiger partial charge < -0.3 is 14.6 Å². The summed E-state index contributed by atoms with van der Waals surface area (Å²) in [6.07, 6.45) is 86.6. The Kier molecular flexibility index (Phi) is 53.6. The first kappa shape index (κ1) is 63.8. The van der Waals surface area contributed by atoms with Gasteiger partial charge in [-0.2, -0.15) is 0 Å². The van der Waals surface area contributed by atoms with Crippen molar-refractivity contribution in [2.24, 2.45) is 0 Å². The zero-order chi connectivity index (χ0) is 49.2. The summed E-state index contributed by atoms with van der Waals surface area (Å²) in [6.45, 7) is 3.87. The Bertz CT molecular complexity index is 1480. The molecule has 0 saturated heterocycles. The van der Waals surface area contributed by atoms with Gasteiger partial charge in [-0.3, -0.25) is 9.59 Å². The van der Waals surface area contributed by atoms with E-state index in [1.165, 1.54) is 77.0 Å². The van der Waals surface area contributed by atoms with Crippen LogP contribution in [-0.4, -0.2) is 36.4 Å². The summed E-state index contributed by atoms with van der Waals surface area (Å²) in [6, 6.07) is 0. The molecule has 0 saturated carbocycles. The Morgan fingerprint density at radius 1 is 0.338 bits per heavy atom. The number of carbonyl (C=O) groups is 2. The number of aliphatic hydroxyl groups is 1. The van der Waals surface area contributed by atoms with Crippen LogP contribution in [0.25, 0.3) is 0 Å². The summed E-state index contributed by atoms with van der Waals surface area (Å²) in [4.78, 5) is 24.5.